The van der Waals surface area contributed by atoms with Crippen LogP contribution in [0.4, 0.5) is 0 Å². The van der Waals surface area contributed by atoms with E-state index in [1.54, 1.807) is 14.2 Å². The van der Waals surface area contributed by atoms with Crippen LogP contribution in [0.15, 0.2) is 47.0 Å². The van der Waals surface area contributed by atoms with Crippen molar-refractivity contribution in [3.8, 4) is 28.7 Å². The van der Waals surface area contributed by atoms with Crippen LogP contribution < -0.4 is 19.5 Å². The monoisotopic (exact) mass is 419 g/mol. The minimum atomic E-state index is 0. The van der Waals surface area contributed by atoms with Gasteiger partial charge in [0.25, 0.3) is 5.89 Å². The van der Waals surface area contributed by atoms with E-state index in [1.807, 2.05) is 49.5 Å². The Hall–Kier alpha value is -2.77. The molecule has 0 amide bonds. The number of aromatic nitrogens is 2. The van der Waals surface area contributed by atoms with E-state index in [1.165, 1.54) is 0 Å². The van der Waals surface area contributed by atoms with Gasteiger partial charge in [0, 0.05) is 18.0 Å². The van der Waals surface area contributed by atoms with Gasteiger partial charge < -0.3 is 24.1 Å². The smallest absolute Gasteiger partial charge is 0.258 e. The SMILES string of the molecule is CNC(C)Cc1noc(-c2cc(OC)c(OCc3ccccc3)c(OC)c2)n1.Cl. The fraction of sp³-hybridized carbons (Fsp3) is 0.333. The molecule has 8 heteroatoms. The highest BCUT2D eigenvalue weighted by atomic mass is 35.5. The highest BCUT2D eigenvalue weighted by Gasteiger charge is 2.19. The van der Waals surface area contributed by atoms with Crippen molar-refractivity contribution in [1.29, 1.82) is 0 Å². The minimum Gasteiger partial charge on any atom is -0.493 e. The highest BCUT2D eigenvalue weighted by Crippen LogP contribution is 2.41. The molecule has 1 N–H and O–H groups in total. The third-order valence-electron chi connectivity index (χ3n) is 4.38. The maximum absolute atomic E-state index is 5.97. The molecule has 0 saturated heterocycles. The average Bonchev–Trinajstić information content (AvgIpc) is 3.20. The first-order valence-electron chi connectivity index (χ1n) is 9.07. The number of nitrogens with zero attached hydrogens (tertiary/aromatic N) is 2. The zero-order valence-corrected chi connectivity index (χ0v) is 17.8. The summed E-state index contributed by atoms with van der Waals surface area (Å²) in [5, 5.41) is 7.21. The highest BCUT2D eigenvalue weighted by molar-refractivity contribution is 5.85. The van der Waals surface area contributed by atoms with E-state index >= 15 is 0 Å². The van der Waals surface area contributed by atoms with Crippen LogP contribution in [-0.4, -0.2) is 37.4 Å². The van der Waals surface area contributed by atoms with Crippen molar-refractivity contribution < 1.29 is 18.7 Å². The Morgan fingerprint density at radius 1 is 1.07 bits per heavy atom. The molecule has 1 heterocycles. The summed E-state index contributed by atoms with van der Waals surface area (Å²) in [4.78, 5) is 4.47. The lowest BCUT2D eigenvalue weighted by Gasteiger charge is -2.15. The molecule has 1 aromatic heterocycles. The lowest BCUT2D eigenvalue weighted by molar-refractivity contribution is 0.266. The molecule has 0 spiro atoms. The second-order valence-corrected chi connectivity index (χ2v) is 6.39. The van der Waals surface area contributed by atoms with Crippen molar-refractivity contribution >= 4 is 12.4 Å². The van der Waals surface area contributed by atoms with Gasteiger partial charge in [-0.05, 0) is 31.7 Å². The molecule has 1 unspecified atom stereocenters. The van der Waals surface area contributed by atoms with Crippen LogP contribution in [0.25, 0.3) is 11.5 Å². The number of halogens is 1. The molecule has 0 fully saturated rings. The molecule has 156 valence electrons. The molecule has 0 aliphatic carbocycles. The molecular weight excluding hydrogens is 394 g/mol. The van der Waals surface area contributed by atoms with Crippen LogP contribution in [0, 0.1) is 0 Å². The minimum absolute atomic E-state index is 0. The van der Waals surface area contributed by atoms with E-state index in [4.69, 9.17) is 18.7 Å². The molecule has 0 aliphatic heterocycles. The molecule has 7 nitrogen and oxygen atoms in total. The van der Waals surface area contributed by atoms with E-state index in [0.29, 0.717) is 47.6 Å². The molecule has 1 atom stereocenters. The third-order valence-corrected chi connectivity index (χ3v) is 4.38. The summed E-state index contributed by atoms with van der Waals surface area (Å²) in [6.07, 6.45) is 0.673. The Kier molecular flexibility index (Phi) is 8.30. The van der Waals surface area contributed by atoms with Gasteiger partial charge in [-0.3, -0.25) is 0 Å². The van der Waals surface area contributed by atoms with E-state index in [9.17, 15) is 0 Å². The van der Waals surface area contributed by atoms with E-state index in [0.717, 1.165) is 5.56 Å². The number of benzene rings is 2. The van der Waals surface area contributed by atoms with E-state index < -0.39 is 0 Å². The van der Waals surface area contributed by atoms with Gasteiger partial charge in [0.1, 0.15) is 6.61 Å². The molecule has 0 radical (unpaired) electrons. The summed E-state index contributed by atoms with van der Waals surface area (Å²) in [5.41, 5.74) is 1.76. The van der Waals surface area contributed by atoms with Crippen LogP contribution in [0.3, 0.4) is 0 Å². The standard InChI is InChI=1S/C21H25N3O4.ClH/c1-14(22-2)10-19-23-21(28-24-19)16-11-17(25-3)20(18(12-16)26-4)27-13-15-8-6-5-7-9-15;/h5-9,11-12,14,22H,10,13H2,1-4H3;1H. The van der Waals surface area contributed by atoms with Crippen LogP contribution in [0.2, 0.25) is 0 Å². The topological polar surface area (TPSA) is 78.6 Å². The Bertz CT molecular complexity index is 877. The predicted molar refractivity (Wildman–Crippen MR) is 113 cm³/mol. The summed E-state index contributed by atoms with van der Waals surface area (Å²) < 4.78 is 22.4. The summed E-state index contributed by atoms with van der Waals surface area (Å²) in [5.74, 6) is 2.65. The summed E-state index contributed by atoms with van der Waals surface area (Å²) in [6.45, 7) is 2.46. The van der Waals surface area contributed by atoms with Gasteiger partial charge in [0.15, 0.2) is 17.3 Å². The summed E-state index contributed by atoms with van der Waals surface area (Å²) in [7, 11) is 5.07. The Morgan fingerprint density at radius 3 is 2.31 bits per heavy atom. The largest absolute Gasteiger partial charge is 0.493 e. The molecule has 2 aromatic carbocycles. The number of nitrogens with one attached hydrogen (secondary N) is 1. The predicted octanol–water partition coefficient (Wildman–Crippen LogP) is 3.91. The van der Waals surface area contributed by atoms with Gasteiger partial charge in [-0.15, -0.1) is 12.4 Å². The van der Waals surface area contributed by atoms with Gasteiger partial charge in [-0.25, -0.2) is 0 Å². The second kappa shape index (κ2) is 10.7. The van der Waals surface area contributed by atoms with Crippen LogP contribution in [0.5, 0.6) is 17.2 Å². The lowest BCUT2D eigenvalue weighted by atomic mass is 10.1. The zero-order chi connectivity index (χ0) is 19.9. The molecule has 0 aliphatic rings. The number of likely N-dealkylation sites (N-methyl/N-ethyl adjacent to an activating group) is 1. The fourth-order valence-electron chi connectivity index (χ4n) is 2.71. The third kappa shape index (κ3) is 5.62. The van der Waals surface area contributed by atoms with E-state index in [-0.39, 0.29) is 18.4 Å². The molecule has 3 aromatic rings. The average molecular weight is 420 g/mol. The van der Waals surface area contributed by atoms with Crippen LogP contribution in [-0.2, 0) is 13.0 Å². The van der Waals surface area contributed by atoms with Crippen molar-refractivity contribution in [2.75, 3.05) is 21.3 Å². The Balaban J connectivity index is 0.00000300. The zero-order valence-electron chi connectivity index (χ0n) is 17.0. The van der Waals surface area contributed by atoms with Crippen molar-refractivity contribution in [3.63, 3.8) is 0 Å². The first kappa shape index (κ1) is 22.5. The molecule has 0 saturated carbocycles. The maximum Gasteiger partial charge on any atom is 0.258 e. The first-order valence-corrected chi connectivity index (χ1v) is 9.07. The van der Waals surface area contributed by atoms with Crippen molar-refractivity contribution in [2.45, 2.75) is 26.0 Å². The summed E-state index contributed by atoms with van der Waals surface area (Å²) in [6, 6.07) is 13.8. The van der Waals surface area contributed by atoms with Gasteiger partial charge in [-0.2, -0.15) is 4.98 Å². The van der Waals surface area contributed by atoms with Gasteiger partial charge in [0.05, 0.1) is 14.2 Å². The van der Waals surface area contributed by atoms with E-state index in [2.05, 4.69) is 22.4 Å². The van der Waals surface area contributed by atoms with Crippen molar-refractivity contribution in [2.24, 2.45) is 0 Å². The van der Waals surface area contributed by atoms with Gasteiger partial charge in [0.2, 0.25) is 5.75 Å². The second-order valence-electron chi connectivity index (χ2n) is 6.39. The quantitative estimate of drug-likeness (QED) is 0.563. The first-order chi connectivity index (χ1) is 13.6. The van der Waals surface area contributed by atoms with Crippen LogP contribution in [0.1, 0.15) is 18.3 Å². The summed E-state index contributed by atoms with van der Waals surface area (Å²) >= 11 is 0. The van der Waals surface area contributed by atoms with Crippen molar-refractivity contribution in [1.82, 2.24) is 15.5 Å². The number of rotatable bonds is 9. The molecule has 0 bridgehead atoms. The van der Waals surface area contributed by atoms with Crippen LogP contribution >= 0.6 is 12.4 Å². The maximum atomic E-state index is 5.97. The Morgan fingerprint density at radius 2 is 1.72 bits per heavy atom. The number of hydrogen-bond donors (Lipinski definition) is 1. The number of hydrogen-bond acceptors (Lipinski definition) is 7. The number of methoxy groups -OCH3 is 2. The normalized spacial score (nSPS) is 11.4. The molecule has 29 heavy (non-hydrogen) atoms. The van der Waals surface area contributed by atoms with Crippen molar-refractivity contribution in [3.05, 3.63) is 53.9 Å². The number of ether oxygens (including phenoxy) is 3. The lowest BCUT2D eigenvalue weighted by Crippen LogP contribution is -2.24. The van der Waals surface area contributed by atoms with Gasteiger partial charge in [-0.1, -0.05) is 35.5 Å². The molecular formula is C21H26ClN3O4. The Labute approximate surface area is 176 Å². The molecule has 3 rings (SSSR count). The fourth-order valence-corrected chi connectivity index (χ4v) is 2.71. The van der Waals surface area contributed by atoms with Gasteiger partial charge >= 0.3 is 0 Å².